The molecule has 3 N–H and O–H groups in total. The zero-order valence-corrected chi connectivity index (χ0v) is 13.1. The first kappa shape index (κ1) is 15.9. The molecule has 0 saturated carbocycles. The van der Waals surface area contributed by atoms with Crippen LogP contribution in [0, 0.1) is 11.8 Å². The highest BCUT2D eigenvalue weighted by Crippen LogP contribution is 2.33. The Morgan fingerprint density at radius 2 is 1.90 bits per heavy atom. The van der Waals surface area contributed by atoms with Crippen LogP contribution >= 0.6 is 0 Å². The summed E-state index contributed by atoms with van der Waals surface area (Å²) < 4.78 is 28.3. The average Bonchev–Trinajstić information content (AvgIpc) is 2.62. The number of nitrogens with one attached hydrogen (secondary N) is 1. The summed E-state index contributed by atoms with van der Waals surface area (Å²) in [5.41, 5.74) is 0.408. The Morgan fingerprint density at radius 3 is 2.43 bits per heavy atom. The van der Waals surface area contributed by atoms with E-state index >= 15 is 0 Å². The molecular formula is C14H20N2O4S. The summed E-state index contributed by atoms with van der Waals surface area (Å²) >= 11 is 0. The highest BCUT2D eigenvalue weighted by Gasteiger charge is 2.41. The number of hydrogen-bond acceptors (Lipinski definition) is 4. The maximum atomic E-state index is 12.4. The van der Waals surface area contributed by atoms with Gasteiger partial charge in [0.05, 0.1) is 23.0 Å². The summed E-state index contributed by atoms with van der Waals surface area (Å²) in [5, 5.41) is 7.82. The minimum absolute atomic E-state index is 0.0199. The minimum atomic E-state index is -3.79. The van der Waals surface area contributed by atoms with Crippen molar-refractivity contribution in [3.63, 3.8) is 0 Å². The fourth-order valence-electron chi connectivity index (χ4n) is 2.69. The number of hydrogen-bond donors (Lipinski definition) is 2. The SMILES string of the molecule is CC1OC(C)C(C(=O)Nc2cccc(S(N)(=O)=O)c2)C1C. The van der Waals surface area contributed by atoms with E-state index in [1.165, 1.54) is 18.2 Å². The second-order valence-electron chi connectivity index (χ2n) is 5.49. The minimum Gasteiger partial charge on any atom is -0.374 e. The molecule has 4 unspecified atom stereocenters. The molecule has 1 heterocycles. The predicted molar refractivity (Wildman–Crippen MR) is 79.1 cm³/mol. The molecule has 0 bridgehead atoms. The number of ether oxygens (including phenoxy) is 1. The van der Waals surface area contributed by atoms with Gasteiger partial charge in [-0.1, -0.05) is 13.0 Å². The van der Waals surface area contributed by atoms with Gasteiger partial charge in [0, 0.05) is 5.69 Å². The van der Waals surface area contributed by atoms with Crippen molar-refractivity contribution < 1.29 is 17.9 Å². The Hall–Kier alpha value is -1.44. The Labute approximate surface area is 124 Å². The second-order valence-corrected chi connectivity index (χ2v) is 7.05. The van der Waals surface area contributed by atoms with Gasteiger partial charge < -0.3 is 10.1 Å². The molecule has 0 spiro atoms. The number of carbonyl (C=O) groups excluding carboxylic acids is 1. The van der Waals surface area contributed by atoms with Crippen LogP contribution in [0.4, 0.5) is 5.69 Å². The van der Waals surface area contributed by atoms with Crippen LogP contribution in [0.15, 0.2) is 29.2 Å². The van der Waals surface area contributed by atoms with E-state index < -0.39 is 10.0 Å². The smallest absolute Gasteiger partial charge is 0.238 e. The first-order valence-corrected chi connectivity index (χ1v) is 8.34. The monoisotopic (exact) mass is 312 g/mol. The van der Waals surface area contributed by atoms with E-state index in [0.717, 1.165) is 0 Å². The molecule has 4 atom stereocenters. The molecule has 7 heteroatoms. The molecule has 1 amide bonds. The lowest BCUT2D eigenvalue weighted by atomic mass is 9.89. The van der Waals surface area contributed by atoms with Gasteiger partial charge in [0.25, 0.3) is 0 Å². The van der Waals surface area contributed by atoms with Crippen molar-refractivity contribution >= 4 is 21.6 Å². The highest BCUT2D eigenvalue weighted by atomic mass is 32.2. The van der Waals surface area contributed by atoms with E-state index in [2.05, 4.69) is 5.32 Å². The number of nitrogens with two attached hydrogens (primary N) is 1. The Morgan fingerprint density at radius 1 is 1.24 bits per heavy atom. The van der Waals surface area contributed by atoms with Crippen LogP contribution in [0.2, 0.25) is 0 Å². The van der Waals surface area contributed by atoms with Gasteiger partial charge in [-0.2, -0.15) is 0 Å². The van der Waals surface area contributed by atoms with Crippen molar-refractivity contribution in [3.8, 4) is 0 Å². The molecule has 1 aliphatic rings. The third-order valence-corrected chi connectivity index (χ3v) is 4.89. The zero-order valence-electron chi connectivity index (χ0n) is 12.2. The van der Waals surface area contributed by atoms with E-state index in [-0.39, 0.29) is 34.8 Å². The summed E-state index contributed by atoms with van der Waals surface area (Å²) in [6, 6.07) is 5.90. The lowest BCUT2D eigenvalue weighted by Gasteiger charge is -2.18. The van der Waals surface area contributed by atoms with Crippen molar-refractivity contribution in [2.75, 3.05) is 5.32 Å². The maximum Gasteiger partial charge on any atom is 0.238 e. The van der Waals surface area contributed by atoms with E-state index in [4.69, 9.17) is 9.88 Å². The van der Waals surface area contributed by atoms with Gasteiger partial charge in [-0.25, -0.2) is 13.6 Å². The van der Waals surface area contributed by atoms with Crippen LogP contribution in [0.5, 0.6) is 0 Å². The van der Waals surface area contributed by atoms with Gasteiger partial charge in [0.2, 0.25) is 15.9 Å². The van der Waals surface area contributed by atoms with Crippen LogP contribution in [0.25, 0.3) is 0 Å². The van der Waals surface area contributed by atoms with Crippen LogP contribution in [0.1, 0.15) is 20.8 Å². The van der Waals surface area contributed by atoms with Crippen molar-refractivity contribution in [2.45, 2.75) is 37.9 Å². The number of amides is 1. The van der Waals surface area contributed by atoms with Crippen LogP contribution in [-0.4, -0.2) is 26.5 Å². The van der Waals surface area contributed by atoms with Gasteiger partial charge in [-0.05, 0) is 38.0 Å². The normalized spacial score (nSPS) is 29.3. The summed E-state index contributed by atoms with van der Waals surface area (Å²) in [6.45, 7) is 5.78. The van der Waals surface area contributed by atoms with E-state index in [0.29, 0.717) is 5.69 Å². The van der Waals surface area contributed by atoms with Crippen LogP contribution < -0.4 is 10.5 Å². The summed E-state index contributed by atoms with van der Waals surface area (Å²) in [4.78, 5) is 12.3. The molecule has 1 fully saturated rings. The third-order valence-electron chi connectivity index (χ3n) is 3.97. The van der Waals surface area contributed by atoms with Crippen LogP contribution in [-0.2, 0) is 19.6 Å². The van der Waals surface area contributed by atoms with Gasteiger partial charge in [-0.3, -0.25) is 4.79 Å². The molecule has 21 heavy (non-hydrogen) atoms. The van der Waals surface area contributed by atoms with Gasteiger partial charge in [-0.15, -0.1) is 0 Å². The predicted octanol–water partition coefficient (Wildman–Crippen LogP) is 1.33. The molecule has 1 saturated heterocycles. The van der Waals surface area contributed by atoms with E-state index in [1.807, 2.05) is 20.8 Å². The number of carbonyl (C=O) groups is 1. The summed E-state index contributed by atoms with van der Waals surface area (Å²) in [7, 11) is -3.79. The Bertz CT molecular complexity index is 644. The van der Waals surface area contributed by atoms with Gasteiger partial charge in [0.1, 0.15) is 0 Å². The third kappa shape index (κ3) is 3.42. The molecule has 116 valence electrons. The number of anilines is 1. The molecule has 0 aromatic heterocycles. The highest BCUT2D eigenvalue weighted by molar-refractivity contribution is 7.89. The first-order valence-electron chi connectivity index (χ1n) is 6.79. The van der Waals surface area contributed by atoms with Crippen molar-refractivity contribution in [2.24, 2.45) is 17.0 Å². The lowest BCUT2D eigenvalue weighted by Crippen LogP contribution is -2.32. The van der Waals surface area contributed by atoms with Crippen molar-refractivity contribution in [3.05, 3.63) is 24.3 Å². The molecular weight excluding hydrogens is 292 g/mol. The van der Waals surface area contributed by atoms with Crippen molar-refractivity contribution in [1.82, 2.24) is 0 Å². The zero-order chi connectivity index (χ0) is 15.8. The molecule has 1 aromatic rings. The van der Waals surface area contributed by atoms with Gasteiger partial charge in [0.15, 0.2) is 0 Å². The summed E-state index contributed by atoms with van der Waals surface area (Å²) in [6.07, 6.45) is -0.150. The lowest BCUT2D eigenvalue weighted by molar-refractivity contribution is -0.121. The largest absolute Gasteiger partial charge is 0.374 e. The molecule has 0 radical (unpaired) electrons. The molecule has 1 aromatic carbocycles. The standard InChI is InChI=1S/C14H20N2O4S/c1-8-9(2)20-10(3)13(8)14(17)16-11-5-4-6-12(7-11)21(15,18)19/h4-10,13H,1-3H3,(H,16,17)(H2,15,18,19). The van der Waals surface area contributed by atoms with Gasteiger partial charge >= 0.3 is 0 Å². The van der Waals surface area contributed by atoms with Crippen LogP contribution in [0.3, 0.4) is 0 Å². The molecule has 6 nitrogen and oxygen atoms in total. The van der Waals surface area contributed by atoms with E-state index in [9.17, 15) is 13.2 Å². The fourth-order valence-corrected chi connectivity index (χ4v) is 3.25. The molecule has 2 rings (SSSR count). The first-order chi connectivity index (χ1) is 9.70. The Kier molecular flexibility index (Phi) is 4.36. The number of rotatable bonds is 3. The fraction of sp³-hybridized carbons (Fsp3) is 0.500. The van der Waals surface area contributed by atoms with Crippen molar-refractivity contribution in [1.29, 1.82) is 0 Å². The Balaban J connectivity index is 2.17. The quantitative estimate of drug-likeness (QED) is 0.879. The second kappa shape index (κ2) is 5.75. The average molecular weight is 312 g/mol. The molecule has 1 aliphatic heterocycles. The summed E-state index contributed by atoms with van der Waals surface area (Å²) in [5.74, 6) is -0.342. The maximum absolute atomic E-state index is 12.4. The van der Waals surface area contributed by atoms with E-state index in [1.54, 1.807) is 6.07 Å². The number of primary sulfonamides is 1. The number of sulfonamides is 1. The number of benzene rings is 1. The topological polar surface area (TPSA) is 98.5 Å². The molecule has 0 aliphatic carbocycles.